The summed E-state index contributed by atoms with van der Waals surface area (Å²) in [6, 6.07) is -2.88. The highest BCUT2D eigenvalue weighted by Crippen LogP contribution is 2.12. The first-order valence-corrected chi connectivity index (χ1v) is 24.8. The van der Waals surface area contributed by atoms with E-state index >= 15 is 0 Å². The lowest BCUT2D eigenvalue weighted by molar-refractivity contribution is -0.142. The molecule has 0 saturated carbocycles. The van der Waals surface area contributed by atoms with Crippen LogP contribution >= 0.6 is 25.3 Å². The second-order valence-corrected chi connectivity index (χ2v) is 18.1. The number of carbonyl (C=O) groups excluding carboxylic acids is 11. The highest BCUT2D eigenvalue weighted by Gasteiger charge is 2.35. The number of H-pyrrole nitrogens is 1. The largest absolute Gasteiger partial charge is 0.391 e. The minimum Gasteiger partial charge on any atom is -0.391 e. The minimum atomic E-state index is -1.50. The molecule has 0 bridgehead atoms. The predicted molar refractivity (Wildman–Crippen MR) is 278 cm³/mol. The van der Waals surface area contributed by atoms with Crippen LogP contribution in [-0.4, -0.2) is 188 Å². The van der Waals surface area contributed by atoms with Gasteiger partial charge in [-0.2, -0.15) is 25.3 Å². The Kier molecular flexibility index (Phi) is 26.9. The number of aliphatic hydroxyl groups is 2. The molecule has 0 aliphatic heterocycles. The van der Waals surface area contributed by atoms with Crippen molar-refractivity contribution >= 4 is 90.2 Å². The zero-order chi connectivity index (χ0) is 57.6. The first kappa shape index (κ1) is 64.8. The summed E-state index contributed by atoms with van der Waals surface area (Å²) in [6.45, 7) is 4.97. The fraction of sp³-hybridized carbons (Fsp3) is 0.533. The van der Waals surface area contributed by atoms with Crippen molar-refractivity contribution in [2.45, 2.75) is 115 Å². The molecule has 0 aliphatic rings. The third-order valence-electron chi connectivity index (χ3n) is 11.1. The van der Waals surface area contributed by atoms with Crippen LogP contribution in [0.3, 0.4) is 0 Å². The van der Waals surface area contributed by atoms with Crippen LogP contribution in [0.15, 0.2) is 46.1 Å². The Balaban J connectivity index is 2.32. The molecule has 0 aliphatic carbocycles. The summed E-state index contributed by atoms with van der Waals surface area (Å²) in [5, 5.41) is 41.0. The summed E-state index contributed by atoms with van der Waals surface area (Å²) < 4.78 is 0.893. The molecule has 11 amide bonds. The van der Waals surface area contributed by atoms with Crippen molar-refractivity contribution in [1.29, 1.82) is 0 Å². The Hall–Kier alpha value is -7.35. The first-order chi connectivity index (χ1) is 35.6. The van der Waals surface area contributed by atoms with E-state index in [9.17, 15) is 72.5 Å². The molecule has 29 nitrogen and oxygen atoms in total. The Morgan fingerprint density at radius 2 is 1.18 bits per heavy atom. The van der Waals surface area contributed by atoms with Crippen molar-refractivity contribution in [2.75, 3.05) is 37.7 Å². The number of benzene rings is 1. The zero-order valence-corrected chi connectivity index (χ0v) is 44.3. The van der Waals surface area contributed by atoms with Crippen LogP contribution in [0, 0.1) is 6.92 Å². The van der Waals surface area contributed by atoms with Crippen molar-refractivity contribution in [1.82, 2.24) is 62.3 Å². The van der Waals surface area contributed by atoms with Gasteiger partial charge < -0.3 is 74.4 Å². The predicted octanol–water partition coefficient (Wildman–Crippen LogP) is -7.96. The van der Waals surface area contributed by atoms with Crippen LogP contribution in [0.4, 0.5) is 0 Å². The van der Waals surface area contributed by atoms with Crippen molar-refractivity contribution in [2.24, 2.45) is 11.5 Å². The molecule has 0 fully saturated rings. The van der Waals surface area contributed by atoms with Crippen LogP contribution in [0.5, 0.6) is 0 Å². The van der Waals surface area contributed by atoms with Crippen LogP contribution in [0.25, 0.3) is 0 Å². The second-order valence-electron chi connectivity index (χ2n) is 17.4. The van der Waals surface area contributed by atoms with Gasteiger partial charge in [-0.25, -0.2) is 4.79 Å². The van der Waals surface area contributed by atoms with Crippen LogP contribution in [-0.2, 0) is 65.7 Å². The Morgan fingerprint density at radius 1 is 0.658 bits per heavy atom. The van der Waals surface area contributed by atoms with E-state index in [0.717, 1.165) is 15.7 Å². The SMILES string of the molecule is Cc1cn(CC(=O)N(CCNC(=O)[C@H](C)NC(=O)CNC(=O)[C@H](C)NC(=O)[C@@H](NC(=O)CN)[C@@H](C)O)[C@@H](Cc2ccccc2)C(=O)N[C@@H](CS)C(=O)N[C@@H](C)C(=O)N[C@@H](CS)C(=O)N[C@H](C(N)=O)[C@@H](C)O)c(=O)[nH]c1=O. The summed E-state index contributed by atoms with van der Waals surface area (Å²) in [5.74, 6) is -10.4. The molecule has 1 aromatic carbocycles. The number of thiol groups is 2. The zero-order valence-electron chi connectivity index (χ0n) is 42.5. The maximum atomic E-state index is 14.5. The topological polar surface area (TPSA) is 447 Å². The van der Waals surface area contributed by atoms with E-state index in [1.165, 1.54) is 41.5 Å². The maximum absolute atomic E-state index is 14.5. The van der Waals surface area contributed by atoms with E-state index in [1.54, 1.807) is 30.3 Å². The van der Waals surface area contributed by atoms with Gasteiger partial charge in [-0.15, -0.1) is 0 Å². The highest BCUT2D eigenvalue weighted by atomic mass is 32.1. The number of nitrogens with zero attached hydrogens (tertiary/aromatic N) is 2. The number of carbonyl (C=O) groups is 11. The number of aryl methyl sites for hydroxylation is 1. The molecule has 16 N–H and O–H groups in total. The van der Waals surface area contributed by atoms with Gasteiger partial charge in [-0.1, -0.05) is 30.3 Å². The third-order valence-corrected chi connectivity index (χ3v) is 11.8. The summed E-state index contributed by atoms with van der Waals surface area (Å²) in [6.07, 6.45) is -1.81. The van der Waals surface area contributed by atoms with Crippen LogP contribution < -0.4 is 70.6 Å². The molecule has 420 valence electrons. The van der Waals surface area contributed by atoms with Crippen molar-refractivity contribution in [3.63, 3.8) is 0 Å². The van der Waals surface area contributed by atoms with Crippen LogP contribution in [0.1, 0.15) is 45.7 Å². The Morgan fingerprint density at radius 3 is 1.74 bits per heavy atom. The van der Waals surface area contributed by atoms with Gasteiger partial charge in [0.05, 0.1) is 25.3 Å². The molecule has 0 radical (unpaired) electrons. The summed E-state index contributed by atoms with van der Waals surface area (Å²) >= 11 is 8.30. The molecule has 10 atom stereocenters. The number of rotatable bonds is 30. The normalized spacial score (nSPS) is 14.9. The summed E-state index contributed by atoms with van der Waals surface area (Å²) in [7, 11) is 0. The standard InChI is InChI=1S/C45H68N14O15S2/c1-21-17-58(45(74)57-37(21)66)18-33(64)59(13-12-48-38(67)22(2)50-32(63)16-49-39(68)23(3)52-44(73)35(26(6)61)55-31(62)15-46)30(14-27-10-8-7-9-11-27)43(72)54-28(19-75)41(70)51-24(4)40(69)53-29(20-76)42(71)56-34(25(5)60)36(47)65/h7-11,17,22-26,28-30,34-35,60-61,75-76H,12-16,18-20,46H2,1-6H3,(H2,47,65)(H,48,67)(H,49,68)(H,50,63)(H,51,70)(H,52,73)(H,53,69)(H,54,72)(H,55,62)(H,56,71)(H,57,66,74)/t22-,23-,24-,25+,26+,28-,29-,30-,34-,35-/m0/s1. The van der Waals surface area contributed by atoms with Gasteiger partial charge in [-0.05, 0) is 47.1 Å². The minimum absolute atomic E-state index is 0.0703. The number of aromatic amines is 1. The number of nitrogens with one attached hydrogen (secondary N) is 10. The fourth-order valence-electron chi connectivity index (χ4n) is 6.76. The lowest BCUT2D eigenvalue weighted by atomic mass is 10.0. The molecule has 31 heteroatoms. The Bertz CT molecular complexity index is 2530. The van der Waals surface area contributed by atoms with E-state index in [2.05, 4.69) is 78.1 Å². The summed E-state index contributed by atoms with van der Waals surface area (Å²) in [5.41, 5.74) is 9.41. The highest BCUT2D eigenvalue weighted by molar-refractivity contribution is 7.80. The molecular weight excluding hydrogens is 1040 g/mol. The number of hydrogen-bond acceptors (Lipinski definition) is 18. The number of hydrogen-bond donors (Lipinski definition) is 16. The van der Waals surface area contributed by atoms with E-state index in [1.807, 2.05) is 0 Å². The van der Waals surface area contributed by atoms with Gasteiger partial charge in [0.1, 0.15) is 54.9 Å². The molecular formula is C45H68N14O15S2. The van der Waals surface area contributed by atoms with E-state index in [-0.39, 0.29) is 30.0 Å². The number of primary amides is 1. The van der Waals surface area contributed by atoms with Crippen molar-refractivity contribution < 1.29 is 63.0 Å². The van der Waals surface area contributed by atoms with Crippen LogP contribution in [0.2, 0.25) is 0 Å². The average Bonchev–Trinajstić information content (AvgIpc) is 3.36. The lowest BCUT2D eigenvalue weighted by Crippen LogP contribution is -2.60. The van der Waals surface area contributed by atoms with Gasteiger partial charge in [0.15, 0.2) is 0 Å². The van der Waals surface area contributed by atoms with Crippen molar-refractivity contribution in [3.8, 4) is 0 Å². The van der Waals surface area contributed by atoms with E-state index in [4.69, 9.17) is 11.5 Å². The molecule has 2 rings (SSSR count). The second kappa shape index (κ2) is 31.5. The smallest absolute Gasteiger partial charge is 0.328 e. The molecule has 2 aromatic rings. The van der Waals surface area contributed by atoms with E-state index < -0.39 is 163 Å². The lowest BCUT2D eigenvalue weighted by Gasteiger charge is -2.33. The van der Waals surface area contributed by atoms with Gasteiger partial charge >= 0.3 is 5.69 Å². The number of aromatic nitrogens is 2. The molecule has 1 aromatic heterocycles. The quantitative estimate of drug-likeness (QED) is 0.0323. The van der Waals surface area contributed by atoms with Gasteiger partial charge in [0.2, 0.25) is 65.0 Å². The number of amides is 11. The van der Waals surface area contributed by atoms with Gasteiger partial charge in [0, 0.05) is 42.8 Å². The number of aliphatic hydroxyl groups excluding tert-OH is 2. The monoisotopic (exact) mass is 1110 g/mol. The first-order valence-electron chi connectivity index (χ1n) is 23.5. The Labute approximate surface area is 446 Å². The maximum Gasteiger partial charge on any atom is 0.328 e. The number of nitrogens with two attached hydrogens (primary N) is 2. The van der Waals surface area contributed by atoms with E-state index in [0.29, 0.717) is 5.56 Å². The van der Waals surface area contributed by atoms with Crippen molar-refractivity contribution in [3.05, 3.63) is 68.5 Å². The molecule has 76 heavy (non-hydrogen) atoms. The summed E-state index contributed by atoms with van der Waals surface area (Å²) in [4.78, 5) is 171. The molecule has 0 spiro atoms. The van der Waals surface area contributed by atoms with Gasteiger partial charge in [-0.3, -0.25) is 67.1 Å². The molecule has 0 saturated heterocycles. The fourth-order valence-corrected chi connectivity index (χ4v) is 7.28. The third kappa shape index (κ3) is 20.8. The molecule has 0 unspecified atom stereocenters. The van der Waals surface area contributed by atoms with Gasteiger partial charge in [0.25, 0.3) is 5.56 Å². The molecule has 1 heterocycles. The average molecular weight is 1110 g/mol.